The van der Waals surface area contributed by atoms with Crippen LogP contribution in [0.2, 0.25) is 5.02 Å². The lowest BCUT2D eigenvalue weighted by Crippen LogP contribution is -2.42. The summed E-state index contributed by atoms with van der Waals surface area (Å²) in [6.45, 7) is 1.00. The largest absolute Gasteiger partial charge is 0.334 e. The molecule has 5 nitrogen and oxygen atoms in total. The molecular formula is C17H13ClN4OS. The SMILES string of the molecule is O=c1c(=Cc2cccnc2)sc2n1CN(c1ccc(Cl)cc1)CN=2. The number of hydrogen-bond donors (Lipinski definition) is 0. The van der Waals surface area contributed by atoms with Gasteiger partial charge in [0.15, 0.2) is 4.80 Å². The zero-order valence-corrected chi connectivity index (χ0v) is 14.2. The molecule has 4 rings (SSSR count). The van der Waals surface area contributed by atoms with Crippen molar-refractivity contribution < 1.29 is 0 Å². The van der Waals surface area contributed by atoms with Gasteiger partial charge in [-0.1, -0.05) is 29.0 Å². The van der Waals surface area contributed by atoms with Crippen molar-refractivity contribution in [3.8, 4) is 0 Å². The fraction of sp³-hybridized carbons (Fsp3) is 0.118. The van der Waals surface area contributed by atoms with Gasteiger partial charge in [-0.2, -0.15) is 0 Å². The number of fused-ring (bicyclic) bond motifs is 1. The fourth-order valence-electron chi connectivity index (χ4n) is 2.54. The molecule has 2 aromatic heterocycles. The predicted molar refractivity (Wildman–Crippen MR) is 96.0 cm³/mol. The fourth-order valence-corrected chi connectivity index (χ4v) is 3.63. The lowest BCUT2D eigenvalue weighted by Gasteiger charge is -2.25. The molecular weight excluding hydrogens is 344 g/mol. The highest BCUT2D eigenvalue weighted by atomic mass is 35.5. The third-order valence-corrected chi connectivity index (χ3v) is 5.05. The predicted octanol–water partition coefficient (Wildman–Crippen LogP) is 1.84. The van der Waals surface area contributed by atoms with Crippen LogP contribution in [0.5, 0.6) is 0 Å². The molecule has 7 heteroatoms. The van der Waals surface area contributed by atoms with Crippen molar-refractivity contribution in [1.82, 2.24) is 9.55 Å². The zero-order chi connectivity index (χ0) is 16.5. The number of hydrogen-bond acceptors (Lipinski definition) is 5. The molecule has 0 N–H and O–H groups in total. The molecule has 0 saturated carbocycles. The molecule has 0 aliphatic carbocycles. The maximum atomic E-state index is 12.7. The summed E-state index contributed by atoms with van der Waals surface area (Å²) in [7, 11) is 0. The van der Waals surface area contributed by atoms with Crippen LogP contribution in [0.4, 0.5) is 5.69 Å². The normalized spacial score (nSPS) is 14.4. The third kappa shape index (κ3) is 2.86. The Morgan fingerprint density at radius 2 is 2.04 bits per heavy atom. The summed E-state index contributed by atoms with van der Waals surface area (Å²) in [6.07, 6.45) is 5.30. The van der Waals surface area contributed by atoms with Gasteiger partial charge in [0, 0.05) is 23.1 Å². The number of nitrogens with zero attached hydrogens (tertiary/aromatic N) is 4. The molecule has 0 amide bonds. The van der Waals surface area contributed by atoms with Gasteiger partial charge in [-0.15, -0.1) is 0 Å². The molecule has 0 bridgehead atoms. The number of rotatable bonds is 2. The van der Waals surface area contributed by atoms with Gasteiger partial charge in [0.1, 0.15) is 13.3 Å². The Labute approximate surface area is 146 Å². The van der Waals surface area contributed by atoms with E-state index in [1.807, 2.05) is 47.4 Å². The van der Waals surface area contributed by atoms with Gasteiger partial charge in [0.2, 0.25) is 0 Å². The molecule has 0 fully saturated rings. The molecule has 1 aromatic carbocycles. The van der Waals surface area contributed by atoms with Crippen molar-refractivity contribution in [3.63, 3.8) is 0 Å². The average Bonchev–Trinajstić information content (AvgIpc) is 2.92. The van der Waals surface area contributed by atoms with E-state index in [4.69, 9.17) is 11.6 Å². The highest BCUT2D eigenvalue weighted by Gasteiger charge is 2.15. The summed E-state index contributed by atoms with van der Waals surface area (Å²) >= 11 is 7.34. The number of thiazole rings is 1. The van der Waals surface area contributed by atoms with Crippen LogP contribution < -0.4 is 19.8 Å². The van der Waals surface area contributed by atoms with Gasteiger partial charge >= 0.3 is 0 Å². The second-order valence-electron chi connectivity index (χ2n) is 5.37. The van der Waals surface area contributed by atoms with Crippen molar-refractivity contribution in [1.29, 1.82) is 0 Å². The second-order valence-corrected chi connectivity index (χ2v) is 6.82. The van der Waals surface area contributed by atoms with Crippen LogP contribution in [0.3, 0.4) is 0 Å². The molecule has 0 spiro atoms. The maximum Gasteiger partial charge on any atom is 0.271 e. The van der Waals surface area contributed by atoms with Crippen LogP contribution in [0.25, 0.3) is 6.08 Å². The van der Waals surface area contributed by atoms with Crippen molar-refractivity contribution in [2.45, 2.75) is 6.67 Å². The summed E-state index contributed by atoms with van der Waals surface area (Å²) < 4.78 is 2.37. The lowest BCUT2D eigenvalue weighted by molar-refractivity contribution is 0.569. The van der Waals surface area contributed by atoms with E-state index < -0.39 is 0 Å². The van der Waals surface area contributed by atoms with Gasteiger partial charge in [-0.05, 0) is 42.0 Å². The van der Waals surface area contributed by atoms with E-state index in [2.05, 4.69) is 9.98 Å². The molecule has 0 radical (unpaired) electrons. The molecule has 3 heterocycles. The standard InChI is InChI=1S/C17H13ClN4OS/c18-13-3-5-14(6-4-13)21-10-20-17-22(11-21)16(23)15(24-17)8-12-2-1-7-19-9-12/h1-9H,10-11H2. The average molecular weight is 357 g/mol. The number of benzene rings is 1. The molecule has 0 unspecified atom stereocenters. The molecule has 120 valence electrons. The van der Waals surface area contributed by atoms with Crippen LogP contribution in [-0.2, 0) is 6.67 Å². The van der Waals surface area contributed by atoms with E-state index in [-0.39, 0.29) is 5.56 Å². The Bertz CT molecular complexity index is 1040. The second kappa shape index (κ2) is 6.22. The first-order valence-corrected chi connectivity index (χ1v) is 8.56. The molecule has 24 heavy (non-hydrogen) atoms. The van der Waals surface area contributed by atoms with E-state index in [9.17, 15) is 4.79 Å². The van der Waals surface area contributed by atoms with Crippen LogP contribution in [0.1, 0.15) is 5.56 Å². The number of aromatic nitrogens is 2. The van der Waals surface area contributed by atoms with Crippen molar-refractivity contribution in [3.05, 3.63) is 79.1 Å². The van der Waals surface area contributed by atoms with Crippen molar-refractivity contribution >= 4 is 34.7 Å². The minimum atomic E-state index is -0.0266. The summed E-state index contributed by atoms with van der Waals surface area (Å²) in [6, 6.07) is 11.3. The van der Waals surface area contributed by atoms with Crippen LogP contribution in [0.15, 0.2) is 58.6 Å². The Balaban J connectivity index is 1.71. The number of halogens is 1. The quantitative estimate of drug-likeness (QED) is 0.704. The lowest BCUT2D eigenvalue weighted by atomic mass is 10.3. The van der Waals surface area contributed by atoms with E-state index in [1.54, 1.807) is 17.0 Å². The van der Waals surface area contributed by atoms with Gasteiger partial charge in [0.05, 0.1) is 4.53 Å². The highest BCUT2D eigenvalue weighted by molar-refractivity contribution is 7.07. The summed E-state index contributed by atoms with van der Waals surface area (Å²) in [5, 5.41) is 0.689. The Kier molecular flexibility index (Phi) is 3.92. The molecule has 1 aliphatic rings. The van der Waals surface area contributed by atoms with Gasteiger partial charge < -0.3 is 4.90 Å². The van der Waals surface area contributed by atoms with Crippen molar-refractivity contribution in [2.75, 3.05) is 11.6 Å². The van der Waals surface area contributed by atoms with Crippen LogP contribution >= 0.6 is 22.9 Å². The monoisotopic (exact) mass is 356 g/mol. The first kappa shape index (κ1) is 15.1. The highest BCUT2D eigenvalue weighted by Crippen LogP contribution is 2.18. The minimum Gasteiger partial charge on any atom is -0.334 e. The minimum absolute atomic E-state index is 0.0266. The molecule has 0 saturated heterocycles. The smallest absolute Gasteiger partial charge is 0.271 e. The third-order valence-electron chi connectivity index (χ3n) is 3.75. The zero-order valence-electron chi connectivity index (χ0n) is 12.6. The first-order chi connectivity index (χ1) is 11.7. The topological polar surface area (TPSA) is 50.5 Å². The van der Waals surface area contributed by atoms with E-state index >= 15 is 0 Å². The Hall–Kier alpha value is -2.44. The molecule has 0 atom stereocenters. The van der Waals surface area contributed by atoms with Crippen LogP contribution in [-0.4, -0.2) is 16.2 Å². The summed E-state index contributed by atoms with van der Waals surface area (Å²) in [5.41, 5.74) is 1.87. The van der Waals surface area contributed by atoms with Gasteiger partial charge in [-0.25, -0.2) is 4.99 Å². The maximum absolute atomic E-state index is 12.7. The van der Waals surface area contributed by atoms with E-state index in [0.29, 0.717) is 22.9 Å². The van der Waals surface area contributed by atoms with E-state index in [1.165, 1.54) is 11.3 Å². The Morgan fingerprint density at radius 1 is 1.21 bits per heavy atom. The summed E-state index contributed by atoms with van der Waals surface area (Å²) in [5.74, 6) is 0. The van der Waals surface area contributed by atoms with Gasteiger partial charge in [-0.3, -0.25) is 14.3 Å². The first-order valence-electron chi connectivity index (χ1n) is 7.37. The van der Waals surface area contributed by atoms with Crippen LogP contribution in [0, 0.1) is 0 Å². The Morgan fingerprint density at radius 3 is 2.79 bits per heavy atom. The number of anilines is 1. The number of pyridine rings is 1. The van der Waals surface area contributed by atoms with Crippen molar-refractivity contribution in [2.24, 2.45) is 4.99 Å². The summed E-state index contributed by atoms with van der Waals surface area (Å²) in [4.78, 5) is 24.1. The molecule has 3 aromatic rings. The molecule has 1 aliphatic heterocycles. The van der Waals surface area contributed by atoms with E-state index in [0.717, 1.165) is 16.1 Å². The van der Waals surface area contributed by atoms with Gasteiger partial charge in [0.25, 0.3) is 5.56 Å².